The van der Waals surface area contributed by atoms with E-state index in [0.29, 0.717) is 16.3 Å². The van der Waals surface area contributed by atoms with Crippen LogP contribution >= 0.6 is 11.6 Å². The first-order valence-corrected chi connectivity index (χ1v) is 9.69. The van der Waals surface area contributed by atoms with Crippen molar-refractivity contribution in [3.8, 4) is 0 Å². The SMILES string of the molecule is O=C(c1ccccc1)c1[nH]c2cc(Cl)ccc2c1CC(=O)N1CCCCC1. The van der Waals surface area contributed by atoms with Gasteiger partial charge < -0.3 is 9.88 Å². The van der Waals surface area contributed by atoms with E-state index in [1.807, 2.05) is 29.2 Å². The number of aromatic amines is 1. The lowest BCUT2D eigenvalue weighted by Gasteiger charge is -2.26. The Morgan fingerprint density at radius 1 is 1.00 bits per heavy atom. The summed E-state index contributed by atoms with van der Waals surface area (Å²) < 4.78 is 0. The van der Waals surface area contributed by atoms with Crippen LogP contribution in [0.5, 0.6) is 0 Å². The molecule has 4 rings (SSSR count). The van der Waals surface area contributed by atoms with E-state index < -0.39 is 0 Å². The molecule has 1 N–H and O–H groups in total. The zero-order chi connectivity index (χ0) is 18.8. The number of nitrogens with one attached hydrogen (secondary N) is 1. The molecule has 4 nitrogen and oxygen atoms in total. The van der Waals surface area contributed by atoms with Crippen LogP contribution in [0.4, 0.5) is 0 Å². The number of carbonyl (C=O) groups excluding carboxylic acids is 2. The Morgan fingerprint density at radius 2 is 1.74 bits per heavy atom. The molecule has 3 aromatic rings. The van der Waals surface area contributed by atoms with Crippen molar-refractivity contribution in [2.75, 3.05) is 13.1 Å². The van der Waals surface area contributed by atoms with Crippen LogP contribution in [0.2, 0.25) is 5.02 Å². The Balaban J connectivity index is 1.75. The van der Waals surface area contributed by atoms with Crippen molar-refractivity contribution >= 4 is 34.2 Å². The molecule has 0 aliphatic carbocycles. The second kappa shape index (κ2) is 7.57. The number of amides is 1. The van der Waals surface area contributed by atoms with Gasteiger partial charge in [-0.2, -0.15) is 0 Å². The largest absolute Gasteiger partial charge is 0.352 e. The van der Waals surface area contributed by atoms with E-state index in [9.17, 15) is 9.59 Å². The lowest BCUT2D eigenvalue weighted by Crippen LogP contribution is -2.36. The maximum Gasteiger partial charge on any atom is 0.227 e. The van der Waals surface area contributed by atoms with Crippen LogP contribution in [0.15, 0.2) is 48.5 Å². The Bertz CT molecular complexity index is 988. The summed E-state index contributed by atoms with van der Waals surface area (Å²) in [5, 5.41) is 1.47. The van der Waals surface area contributed by atoms with Crippen molar-refractivity contribution in [2.45, 2.75) is 25.7 Å². The number of fused-ring (bicyclic) bond motifs is 1. The van der Waals surface area contributed by atoms with E-state index >= 15 is 0 Å². The highest BCUT2D eigenvalue weighted by molar-refractivity contribution is 6.31. The summed E-state index contributed by atoms with van der Waals surface area (Å²) in [6.07, 6.45) is 3.48. The molecule has 5 heteroatoms. The van der Waals surface area contributed by atoms with Crippen LogP contribution < -0.4 is 0 Å². The summed E-state index contributed by atoms with van der Waals surface area (Å²) in [6, 6.07) is 14.6. The average molecular weight is 381 g/mol. The number of piperidine rings is 1. The molecule has 0 spiro atoms. The van der Waals surface area contributed by atoms with Gasteiger partial charge in [0, 0.05) is 34.6 Å². The molecule has 0 saturated carbocycles. The minimum Gasteiger partial charge on any atom is -0.352 e. The van der Waals surface area contributed by atoms with Crippen LogP contribution in [0, 0.1) is 0 Å². The summed E-state index contributed by atoms with van der Waals surface area (Å²) in [5.74, 6) is -0.0305. The fourth-order valence-electron chi connectivity index (χ4n) is 3.75. The van der Waals surface area contributed by atoms with E-state index in [-0.39, 0.29) is 18.1 Å². The van der Waals surface area contributed by atoms with E-state index in [1.165, 1.54) is 6.42 Å². The van der Waals surface area contributed by atoms with Gasteiger partial charge in [-0.25, -0.2) is 0 Å². The molecule has 1 aromatic heterocycles. The first-order valence-electron chi connectivity index (χ1n) is 9.31. The molecule has 2 heterocycles. The summed E-state index contributed by atoms with van der Waals surface area (Å²) >= 11 is 6.12. The van der Waals surface area contributed by atoms with Crippen molar-refractivity contribution in [3.63, 3.8) is 0 Å². The molecule has 1 aliphatic heterocycles. The topological polar surface area (TPSA) is 53.2 Å². The number of rotatable bonds is 4. The molecule has 0 atom stereocenters. The number of nitrogens with zero attached hydrogens (tertiary/aromatic N) is 1. The number of carbonyl (C=O) groups is 2. The molecule has 0 unspecified atom stereocenters. The Kier molecular flexibility index (Phi) is 4.99. The number of aromatic nitrogens is 1. The smallest absolute Gasteiger partial charge is 0.227 e. The first-order chi connectivity index (χ1) is 13.1. The number of hydrogen-bond acceptors (Lipinski definition) is 2. The van der Waals surface area contributed by atoms with Gasteiger partial charge in [-0.15, -0.1) is 0 Å². The Labute approximate surface area is 163 Å². The molecule has 2 aromatic carbocycles. The number of H-pyrrole nitrogens is 1. The third-order valence-corrected chi connectivity index (χ3v) is 5.40. The molecular weight excluding hydrogens is 360 g/mol. The third-order valence-electron chi connectivity index (χ3n) is 5.17. The number of benzene rings is 2. The summed E-state index contributed by atoms with van der Waals surface area (Å²) in [6.45, 7) is 1.60. The number of ketones is 1. The zero-order valence-electron chi connectivity index (χ0n) is 15.0. The Morgan fingerprint density at radius 3 is 2.48 bits per heavy atom. The van der Waals surface area contributed by atoms with Crippen molar-refractivity contribution in [1.82, 2.24) is 9.88 Å². The molecule has 0 bridgehead atoms. The van der Waals surface area contributed by atoms with Crippen LogP contribution in [0.1, 0.15) is 40.9 Å². The van der Waals surface area contributed by atoms with Gasteiger partial charge in [-0.3, -0.25) is 9.59 Å². The second-order valence-corrected chi connectivity index (χ2v) is 7.42. The van der Waals surface area contributed by atoms with Gasteiger partial charge in [0.05, 0.1) is 12.1 Å². The van der Waals surface area contributed by atoms with E-state index in [4.69, 9.17) is 11.6 Å². The minimum absolute atomic E-state index is 0.0765. The fourth-order valence-corrected chi connectivity index (χ4v) is 3.92. The van der Waals surface area contributed by atoms with Crippen LogP contribution in [-0.2, 0) is 11.2 Å². The third kappa shape index (κ3) is 3.62. The van der Waals surface area contributed by atoms with Crippen LogP contribution in [0.25, 0.3) is 10.9 Å². The highest BCUT2D eigenvalue weighted by atomic mass is 35.5. The Hall–Kier alpha value is -2.59. The maximum absolute atomic E-state index is 13.1. The number of hydrogen-bond donors (Lipinski definition) is 1. The standard InChI is InChI=1S/C22H21ClN2O2/c23-16-9-10-17-18(14-20(26)25-11-5-2-6-12-25)21(24-19(17)13-16)22(27)15-7-3-1-4-8-15/h1,3-4,7-10,13,24H,2,5-6,11-12,14H2. The second-order valence-electron chi connectivity index (χ2n) is 6.98. The van der Waals surface area contributed by atoms with Crippen molar-refractivity contribution in [3.05, 3.63) is 70.4 Å². The van der Waals surface area contributed by atoms with Gasteiger partial charge in [0.1, 0.15) is 0 Å². The van der Waals surface area contributed by atoms with Gasteiger partial charge in [0.25, 0.3) is 0 Å². The highest BCUT2D eigenvalue weighted by Gasteiger charge is 2.24. The first kappa shape index (κ1) is 17.8. The normalized spacial score (nSPS) is 14.5. The van der Waals surface area contributed by atoms with E-state index in [2.05, 4.69) is 4.98 Å². The predicted octanol–water partition coefficient (Wildman–Crippen LogP) is 4.61. The summed E-state index contributed by atoms with van der Waals surface area (Å²) in [7, 11) is 0. The zero-order valence-corrected chi connectivity index (χ0v) is 15.8. The summed E-state index contributed by atoms with van der Waals surface area (Å²) in [5.41, 5.74) is 2.61. The molecule has 1 saturated heterocycles. The average Bonchev–Trinajstić information content (AvgIpc) is 3.06. The molecule has 0 radical (unpaired) electrons. The molecule has 1 amide bonds. The lowest BCUT2D eigenvalue weighted by molar-refractivity contribution is -0.131. The molecule has 138 valence electrons. The van der Waals surface area contributed by atoms with Crippen molar-refractivity contribution < 1.29 is 9.59 Å². The monoisotopic (exact) mass is 380 g/mol. The quantitative estimate of drug-likeness (QED) is 0.672. The summed E-state index contributed by atoms with van der Waals surface area (Å²) in [4.78, 5) is 31.1. The molecule has 27 heavy (non-hydrogen) atoms. The van der Waals surface area contributed by atoms with Crippen molar-refractivity contribution in [2.24, 2.45) is 0 Å². The van der Waals surface area contributed by atoms with Crippen LogP contribution in [0.3, 0.4) is 0 Å². The van der Waals surface area contributed by atoms with Crippen molar-refractivity contribution in [1.29, 1.82) is 0 Å². The van der Waals surface area contributed by atoms with Gasteiger partial charge in [-0.1, -0.05) is 48.0 Å². The lowest BCUT2D eigenvalue weighted by atomic mass is 10.0. The number of likely N-dealkylation sites (tertiary alicyclic amines) is 1. The van der Waals surface area contributed by atoms with E-state index in [1.54, 1.807) is 24.3 Å². The molecule has 1 aliphatic rings. The van der Waals surface area contributed by atoms with Gasteiger partial charge in [-0.05, 0) is 37.0 Å². The molecular formula is C22H21ClN2O2. The van der Waals surface area contributed by atoms with Gasteiger partial charge >= 0.3 is 0 Å². The van der Waals surface area contributed by atoms with E-state index in [0.717, 1.165) is 42.4 Å². The molecule has 1 fully saturated rings. The maximum atomic E-state index is 13.1. The van der Waals surface area contributed by atoms with Gasteiger partial charge in [0.2, 0.25) is 11.7 Å². The van der Waals surface area contributed by atoms with Crippen LogP contribution in [-0.4, -0.2) is 34.7 Å². The van der Waals surface area contributed by atoms with Gasteiger partial charge in [0.15, 0.2) is 0 Å². The predicted molar refractivity (Wildman–Crippen MR) is 107 cm³/mol. The fraction of sp³-hybridized carbons (Fsp3) is 0.273. The number of halogens is 1. The minimum atomic E-state index is -0.107. The highest BCUT2D eigenvalue weighted by Crippen LogP contribution is 2.28.